The Morgan fingerprint density at radius 1 is 1.35 bits per heavy atom. The van der Waals surface area contributed by atoms with Gasteiger partial charge < -0.3 is 14.5 Å². The third-order valence-corrected chi connectivity index (χ3v) is 4.56. The van der Waals surface area contributed by atoms with Crippen molar-refractivity contribution in [3.05, 3.63) is 42.7 Å². The van der Waals surface area contributed by atoms with Gasteiger partial charge in [-0.1, -0.05) is 6.92 Å². The molecule has 1 fully saturated rings. The highest BCUT2D eigenvalue weighted by atomic mass is 16.2. The van der Waals surface area contributed by atoms with Crippen molar-refractivity contribution in [2.45, 2.75) is 32.4 Å². The van der Waals surface area contributed by atoms with Crippen LogP contribution in [0.5, 0.6) is 0 Å². The molecular formula is C17H25N5O. The number of hydrogen-bond acceptors (Lipinski definition) is 3. The van der Waals surface area contributed by atoms with E-state index in [0.717, 1.165) is 45.0 Å². The number of H-pyrrole nitrogens is 1. The Labute approximate surface area is 137 Å². The first-order chi connectivity index (χ1) is 11.3. The van der Waals surface area contributed by atoms with Crippen LogP contribution in [-0.4, -0.2) is 56.4 Å². The normalized spacial score (nSPS) is 19.2. The molecule has 124 valence electrons. The Bertz CT molecular complexity index is 593. The number of aryl methyl sites for hydroxylation is 1. The van der Waals surface area contributed by atoms with E-state index in [1.165, 1.54) is 0 Å². The average molecular weight is 315 g/mol. The predicted octanol–water partition coefficient (Wildman–Crippen LogP) is 1.90. The largest absolute Gasteiger partial charge is 0.354 e. The van der Waals surface area contributed by atoms with E-state index >= 15 is 0 Å². The summed E-state index contributed by atoms with van der Waals surface area (Å²) in [6.07, 6.45) is 9.19. The van der Waals surface area contributed by atoms with Gasteiger partial charge in [0.25, 0.3) is 0 Å². The summed E-state index contributed by atoms with van der Waals surface area (Å²) < 4.78 is 2.12. The van der Waals surface area contributed by atoms with E-state index in [0.29, 0.717) is 6.42 Å². The molecule has 1 atom stereocenters. The number of nitrogens with zero attached hydrogens (tertiary/aromatic N) is 4. The number of hydrogen-bond donors (Lipinski definition) is 1. The fourth-order valence-electron chi connectivity index (χ4n) is 3.23. The molecule has 1 aliphatic heterocycles. The maximum absolute atomic E-state index is 12.5. The fourth-order valence-corrected chi connectivity index (χ4v) is 3.23. The number of carbonyl (C=O) groups is 1. The van der Waals surface area contributed by atoms with Crippen LogP contribution in [0.2, 0.25) is 0 Å². The number of amides is 1. The molecular weight excluding hydrogens is 290 g/mol. The summed E-state index contributed by atoms with van der Waals surface area (Å²) in [7, 11) is 0. The number of aromatic amines is 1. The smallest absolute Gasteiger partial charge is 0.222 e. The summed E-state index contributed by atoms with van der Waals surface area (Å²) >= 11 is 0. The van der Waals surface area contributed by atoms with Crippen LogP contribution < -0.4 is 0 Å². The number of aromatic nitrogens is 3. The van der Waals surface area contributed by atoms with Gasteiger partial charge in [-0.05, 0) is 25.1 Å². The van der Waals surface area contributed by atoms with Gasteiger partial charge in [0.2, 0.25) is 5.91 Å². The lowest BCUT2D eigenvalue weighted by molar-refractivity contribution is -0.134. The van der Waals surface area contributed by atoms with Crippen molar-refractivity contribution in [1.82, 2.24) is 24.3 Å². The van der Waals surface area contributed by atoms with Crippen molar-refractivity contribution in [2.75, 3.05) is 26.2 Å². The lowest BCUT2D eigenvalue weighted by Crippen LogP contribution is -2.50. The van der Waals surface area contributed by atoms with Gasteiger partial charge in [-0.2, -0.15) is 0 Å². The summed E-state index contributed by atoms with van der Waals surface area (Å²) in [5.74, 6) is 1.21. The zero-order valence-corrected chi connectivity index (χ0v) is 13.7. The van der Waals surface area contributed by atoms with E-state index in [2.05, 4.69) is 26.4 Å². The van der Waals surface area contributed by atoms with E-state index in [-0.39, 0.29) is 11.9 Å². The maximum atomic E-state index is 12.5. The van der Waals surface area contributed by atoms with E-state index in [1.54, 1.807) is 6.20 Å². The van der Waals surface area contributed by atoms with E-state index in [9.17, 15) is 4.79 Å². The summed E-state index contributed by atoms with van der Waals surface area (Å²) in [4.78, 5) is 24.5. The fraction of sp³-hybridized carbons (Fsp3) is 0.529. The van der Waals surface area contributed by atoms with Gasteiger partial charge in [-0.25, -0.2) is 4.98 Å². The Kier molecular flexibility index (Phi) is 5.12. The maximum Gasteiger partial charge on any atom is 0.222 e. The highest BCUT2D eigenvalue weighted by Crippen LogP contribution is 2.23. The first-order valence-electron chi connectivity index (χ1n) is 8.39. The van der Waals surface area contributed by atoms with Crippen molar-refractivity contribution >= 4 is 5.91 Å². The molecule has 3 heterocycles. The molecule has 0 bridgehead atoms. The number of imidazole rings is 1. The van der Waals surface area contributed by atoms with Gasteiger partial charge in [-0.3, -0.25) is 9.69 Å². The quantitative estimate of drug-likeness (QED) is 0.886. The van der Waals surface area contributed by atoms with Gasteiger partial charge >= 0.3 is 0 Å². The zero-order chi connectivity index (χ0) is 16.1. The van der Waals surface area contributed by atoms with E-state index < -0.39 is 0 Å². The van der Waals surface area contributed by atoms with Gasteiger partial charge in [0.15, 0.2) is 0 Å². The van der Waals surface area contributed by atoms with Crippen LogP contribution in [0.4, 0.5) is 0 Å². The molecule has 0 aromatic carbocycles. The van der Waals surface area contributed by atoms with Crippen molar-refractivity contribution < 1.29 is 4.79 Å². The summed E-state index contributed by atoms with van der Waals surface area (Å²) in [6, 6.07) is 4.21. The molecule has 1 saturated heterocycles. The summed E-state index contributed by atoms with van der Waals surface area (Å²) in [6.45, 7) is 6.48. The van der Waals surface area contributed by atoms with Crippen molar-refractivity contribution in [3.8, 4) is 0 Å². The van der Waals surface area contributed by atoms with Crippen molar-refractivity contribution in [3.63, 3.8) is 0 Å². The molecule has 1 N–H and O–H groups in total. The monoisotopic (exact) mass is 315 g/mol. The number of nitrogens with one attached hydrogen (secondary N) is 1. The molecule has 0 spiro atoms. The molecule has 1 aliphatic rings. The number of likely N-dealkylation sites (N-methyl/N-ethyl adjacent to an activating group) is 1. The highest BCUT2D eigenvalue weighted by Gasteiger charge is 2.30. The summed E-state index contributed by atoms with van der Waals surface area (Å²) in [5.41, 5.74) is 0. The van der Waals surface area contributed by atoms with Crippen LogP contribution in [0.3, 0.4) is 0 Å². The lowest BCUT2D eigenvalue weighted by atomic mass is 10.1. The second-order valence-corrected chi connectivity index (χ2v) is 5.98. The molecule has 0 unspecified atom stereocenters. The molecule has 23 heavy (non-hydrogen) atoms. The standard InChI is InChI=1S/C17H25N5O/c1-2-21-12-13-22(14-15(21)17-18-7-8-19-17)16(23)6-5-11-20-9-3-4-10-20/h3-4,7-10,15H,2,5-6,11-14H2,1H3,(H,18,19)/t15-/m0/s1. The van der Waals surface area contributed by atoms with E-state index in [4.69, 9.17) is 0 Å². The second-order valence-electron chi connectivity index (χ2n) is 5.98. The predicted molar refractivity (Wildman–Crippen MR) is 88.8 cm³/mol. The lowest BCUT2D eigenvalue weighted by Gasteiger charge is -2.40. The van der Waals surface area contributed by atoms with Crippen LogP contribution in [0.15, 0.2) is 36.9 Å². The third kappa shape index (κ3) is 3.82. The first-order valence-corrected chi connectivity index (χ1v) is 8.39. The molecule has 1 amide bonds. The minimum absolute atomic E-state index is 0.178. The van der Waals surface area contributed by atoms with Gasteiger partial charge in [0, 0.05) is 57.4 Å². The van der Waals surface area contributed by atoms with Crippen molar-refractivity contribution in [1.29, 1.82) is 0 Å². The molecule has 2 aromatic heterocycles. The number of piperazine rings is 1. The van der Waals surface area contributed by atoms with Crippen molar-refractivity contribution in [2.24, 2.45) is 0 Å². The van der Waals surface area contributed by atoms with Crippen LogP contribution in [0.1, 0.15) is 31.6 Å². The van der Waals surface area contributed by atoms with Crippen LogP contribution in [0.25, 0.3) is 0 Å². The van der Waals surface area contributed by atoms with E-state index in [1.807, 2.05) is 35.6 Å². The molecule has 6 nitrogen and oxygen atoms in total. The number of rotatable bonds is 6. The molecule has 3 rings (SSSR count). The Morgan fingerprint density at radius 3 is 2.87 bits per heavy atom. The molecule has 0 aliphatic carbocycles. The number of carbonyl (C=O) groups excluding carboxylic acids is 1. The SMILES string of the molecule is CCN1CCN(C(=O)CCCn2cccc2)C[C@H]1c1ncc[nH]1. The summed E-state index contributed by atoms with van der Waals surface area (Å²) in [5, 5.41) is 0. The Balaban J connectivity index is 1.54. The average Bonchev–Trinajstić information content (AvgIpc) is 3.27. The highest BCUT2D eigenvalue weighted by molar-refractivity contribution is 5.76. The van der Waals surface area contributed by atoms with Crippen LogP contribution in [0, 0.1) is 0 Å². The second kappa shape index (κ2) is 7.46. The van der Waals surface area contributed by atoms with Crippen LogP contribution >= 0.6 is 0 Å². The molecule has 0 saturated carbocycles. The van der Waals surface area contributed by atoms with Gasteiger partial charge in [0.1, 0.15) is 5.82 Å². The third-order valence-electron chi connectivity index (χ3n) is 4.56. The minimum atomic E-state index is 0.178. The minimum Gasteiger partial charge on any atom is -0.354 e. The Morgan fingerprint density at radius 2 is 2.17 bits per heavy atom. The zero-order valence-electron chi connectivity index (χ0n) is 13.7. The molecule has 6 heteroatoms. The van der Waals surface area contributed by atoms with Crippen LogP contribution in [-0.2, 0) is 11.3 Å². The molecule has 0 radical (unpaired) electrons. The molecule has 2 aromatic rings. The van der Waals surface area contributed by atoms with Gasteiger partial charge in [-0.15, -0.1) is 0 Å². The van der Waals surface area contributed by atoms with Gasteiger partial charge in [0.05, 0.1) is 6.04 Å². The topological polar surface area (TPSA) is 57.2 Å². The Hall–Kier alpha value is -2.08. The first kappa shape index (κ1) is 15.8.